The summed E-state index contributed by atoms with van der Waals surface area (Å²) < 4.78 is 42.6. The molecule has 2 atom stereocenters. The van der Waals surface area contributed by atoms with Gasteiger partial charge in [-0.05, 0) is 30.5 Å². The third-order valence-electron chi connectivity index (χ3n) is 5.84. The number of likely N-dealkylation sites (tertiary alicyclic amines) is 1. The van der Waals surface area contributed by atoms with Crippen LogP contribution in [-0.4, -0.2) is 24.1 Å². The summed E-state index contributed by atoms with van der Waals surface area (Å²) in [5.74, 6) is -1.09. The molecule has 1 saturated heterocycles. The second-order valence-corrected chi connectivity index (χ2v) is 7.30. The molecule has 4 nitrogen and oxygen atoms in total. The Bertz CT molecular complexity index is 862. The fourth-order valence-electron chi connectivity index (χ4n) is 4.58. The first-order chi connectivity index (χ1) is 13.5. The Morgan fingerprint density at radius 1 is 1.18 bits per heavy atom. The number of anilines is 1. The average Bonchev–Trinajstić information content (AvgIpc) is 2.65. The maximum Gasteiger partial charge on any atom is 0.387 e. The number of carbonyl (C=O) groups excluding carboxylic acids is 1. The van der Waals surface area contributed by atoms with Crippen LogP contribution >= 0.6 is 0 Å². The summed E-state index contributed by atoms with van der Waals surface area (Å²) in [6.45, 7) is -2.46. The summed E-state index contributed by atoms with van der Waals surface area (Å²) in [4.78, 5) is 14.8. The lowest BCUT2D eigenvalue weighted by Gasteiger charge is -2.61. The summed E-state index contributed by atoms with van der Waals surface area (Å²) in [5.41, 5.74) is 0.987. The fraction of sp³-hybridized carbons (Fsp3) is 0.381. The Morgan fingerprint density at radius 3 is 2.64 bits per heavy atom. The summed E-state index contributed by atoms with van der Waals surface area (Å²) >= 11 is 0. The molecule has 2 fully saturated rings. The lowest BCUT2D eigenvalue weighted by atomic mass is 9.62. The van der Waals surface area contributed by atoms with E-state index in [1.807, 2.05) is 35.2 Å². The number of benzene rings is 2. The fourth-order valence-corrected chi connectivity index (χ4v) is 4.58. The number of ether oxygens (including phenoxy) is 1. The van der Waals surface area contributed by atoms with Gasteiger partial charge < -0.3 is 15.0 Å². The number of fused-ring (bicyclic) bond motifs is 1. The average molecular weight is 390 g/mol. The van der Waals surface area contributed by atoms with E-state index in [0.29, 0.717) is 12.5 Å². The second-order valence-electron chi connectivity index (χ2n) is 7.30. The predicted molar refractivity (Wildman–Crippen MR) is 98.8 cm³/mol. The zero-order valence-electron chi connectivity index (χ0n) is 15.2. The Labute approximate surface area is 161 Å². The molecule has 0 bridgehead atoms. The minimum Gasteiger partial charge on any atom is -0.432 e. The van der Waals surface area contributed by atoms with Crippen LogP contribution in [0.5, 0.6) is 5.75 Å². The topological polar surface area (TPSA) is 41.6 Å². The molecule has 2 aromatic rings. The van der Waals surface area contributed by atoms with Gasteiger partial charge in [-0.1, -0.05) is 43.2 Å². The van der Waals surface area contributed by atoms with Crippen LogP contribution in [0.1, 0.15) is 31.2 Å². The first-order valence-corrected chi connectivity index (χ1v) is 9.39. The van der Waals surface area contributed by atoms with Gasteiger partial charge in [0.15, 0.2) is 11.6 Å². The molecule has 0 aromatic heterocycles. The molecule has 1 heterocycles. The largest absolute Gasteiger partial charge is 0.432 e. The van der Waals surface area contributed by atoms with Crippen LogP contribution in [0.15, 0.2) is 48.5 Å². The molecule has 4 rings (SSSR count). The summed E-state index contributed by atoms with van der Waals surface area (Å²) in [7, 11) is 0. The van der Waals surface area contributed by atoms with Gasteiger partial charge in [-0.25, -0.2) is 9.18 Å². The van der Waals surface area contributed by atoms with Crippen LogP contribution in [0.2, 0.25) is 0 Å². The molecule has 148 valence electrons. The molecule has 7 heteroatoms. The van der Waals surface area contributed by atoms with E-state index in [-0.39, 0.29) is 17.3 Å². The standard InChI is InChI=1S/C21H21F3N2O2/c22-17-12-16(9-10-18(17)28-19(23)24)25-20(27)26-13-15-8-4-5-11-21(15,26)14-6-2-1-3-7-14/h1-3,6-7,9-10,12,15,19H,4-5,8,11,13H2,(H,25,27)/t15-,21+/m0/s1. The minimum absolute atomic E-state index is 0.201. The number of rotatable bonds is 4. The summed E-state index contributed by atoms with van der Waals surface area (Å²) in [6, 6.07) is 13.1. The minimum atomic E-state index is -3.11. The van der Waals surface area contributed by atoms with Crippen molar-refractivity contribution in [3.63, 3.8) is 0 Å². The van der Waals surface area contributed by atoms with Crippen molar-refractivity contribution in [2.45, 2.75) is 37.8 Å². The van der Waals surface area contributed by atoms with Crippen LogP contribution in [0, 0.1) is 11.7 Å². The molecule has 1 N–H and O–H groups in total. The maximum absolute atomic E-state index is 13.9. The molecule has 1 saturated carbocycles. The van der Waals surface area contributed by atoms with Crippen molar-refractivity contribution in [3.05, 3.63) is 59.9 Å². The van der Waals surface area contributed by atoms with Crippen molar-refractivity contribution < 1.29 is 22.7 Å². The van der Waals surface area contributed by atoms with Crippen LogP contribution in [0.3, 0.4) is 0 Å². The molecule has 0 radical (unpaired) electrons. The lowest BCUT2D eigenvalue weighted by molar-refractivity contribution is -0.0756. The number of amides is 2. The molecule has 1 aliphatic carbocycles. The Hall–Kier alpha value is -2.70. The molecular weight excluding hydrogens is 369 g/mol. The monoisotopic (exact) mass is 390 g/mol. The van der Waals surface area contributed by atoms with E-state index in [9.17, 15) is 18.0 Å². The van der Waals surface area contributed by atoms with Crippen LogP contribution in [-0.2, 0) is 5.54 Å². The molecule has 0 unspecified atom stereocenters. The van der Waals surface area contributed by atoms with E-state index in [2.05, 4.69) is 10.1 Å². The van der Waals surface area contributed by atoms with Crippen molar-refractivity contribution in [1.82, 2.24) is 4.90 Å². The van der Waals surface area contributed by atoms with Crippen LogP contribution in [0.25, 0.3) is 0 Å². The van der Waals surface area contributed by atoms with E-state index in [1.165, 1.54) is 6.07 Å². The molecule has 0 spiro atoms. The quantitative estimate of drug-likeness (QED) is 0.764. The highest BCUT2D eigenvalue weighted by Crippen LogP contribution is 2.53. The van der Waals surface area contributed by atoms with E-state index in [4.69, 9.17) is 0 Å². The third kappa shape index (κ3) is 3.19. The van der Waals surface area contributed by atoms with E-state index in [0.717, 1.165) is 43.4 Å². The van der Waals surface area contributed by atoms with Gasteiger partial charge in [0.25, 0.3) is 0 Å². The van der Waals surface area contributed by atoms with Crippen molar-refractivity contribution >= 4 is 11.7 Å². The number of carbonyl (C=O) groups is 1. The molecule has 28 heavy (non-hydrogen) atoms. The van der Waals surface area contributed by atoms with Crippen LogP contribution in [0.4, 0.5) is 23.7 Å². The third-order valence-corrected chi connectivity index (χ3v) is 5.84. The SMILES string of the molecule is O=C(Nc1ccc(OC(F)F)c(F)c1)N1C[C@@H]2CCCC[C@@]21c1ccccc1. The number of halogens is 3. The number of nitrogens with one attached hydrogen (secondary N) is 1. The van der Waals surface area contributed by atoms with Gasteiger partial charge in [0, 0.05) is 24.2 Å². The molecular formula is C21H21F3N2O2. The summed E-state index contributed by atoms with van der Waals surface area (Å²) in [6.07, 6.45) is 4.17. The normalized spacial score (nSPS) is 23.7. The van der Waals surface area contributed by atoms with E-state index < -0.39 is 18.2 Å². The Kier molecular flexibility index (Phi) is 4.91. The van der Waals surface area contributed by atoms with Crippen LogP contribution < -0.4 is 10.1 Å². The van der Waals surface area contributed by atoms with Crippen molar-refractivity contribution in [2.75, 3.05) is 11.9 Å². The van der Waals surface area contributed by atoms with Gasteiger partial charge in [0.2, 0.25) is 0 Å². The highest BCUT2D eigenvalue weighted by Gasteiger charge is 2.57. The highest BCUT2D eigenvalue weighted by molar-refractivity contribution is 5.91. The highest BCUT2D eigenvalue weighted by atomic mass is 19.3. The van der Waals surface area contributed by atoms with Gasteiger partial charge in [0.05, 0.1) is 5.54 Å². The van der Waals surface area contributed by atoms with Gasteiger partial charge in [-0.2, -0.15) is 8.78 Å². The Morgan fingerprint density at radius 2 is 1.96 bits per heavy atom. The maximum atomic E-state index is 13.9. The smallest absolute Gasteiger partial charge is 0.387 e. The summed E-state index contributed by atoms with van der Waals surface area (Å²) in [5, 5.41) is 2.70. The number of hydrogen-bond acceptors (Lipinski definition) is 2. The van der Waals surface area contributed by atoms with Gasteiger partial charge in [0.1, 0.15) is 0 Å². The molecule has 2 amide bonds. The first-order valence-electron chi connectivity index (χ1n) is 9.39. The van der Waals surface area contributed by atoms with Gasteiger partial charge in [-0.3, -0.25) is 0 Å². The van der Waals surface area contributed by atoms with E-state index in [1.54, 1.807) is 0 Å². The molecule has 1 aliphatic heterocycles. The Balaban J connectivity index is 1.54. The zero-order valence-corrected chi connectivity index (χ0v) is 15.2. The van der Waals surface area contributed by atoms with Crippen molar-refractivity contribution in [1.29, 1.82) is 0 Å². The lowest BCUT2D eigenvalue weighted by Crippen LogP contribution is -2.68. The van der Waals surface area contributed by atoms with Crippen molar-refractivity contribution in [2.24, 2.45) is 5.92 Å². The molecule has 2 aliphatic rings. The number of urea groups is 1. The van der Waals surface area contributed by atoms with E-state index >= 15 is 0 Å². The first kappa shape index (κ1) is 18.7. The number of hydrogen-bond donors (Lipinski definition) is 1. The molecule has 2 aromatic carbocycles. The van der Waals surface area contributed by atoms with Gasteiger partial charge >= 0.3 is 12.6 Å². The number of alkyl halides is 2. The van der Waals surface area contributed by atoms with Crippen molar-refractivity contribution in [3.8, 4) is 5.75 Å². The second kappa shape index (κ2) is 7.37. The van der Waals surface area contributed by atoms with Gasteiger partial charge in [-0.15, -0.1) is 0 Å². The number of nitrogens with zero attached hydrogens (tertiary/aromatic N) is 1. The predicted octanol–water partition coefficient (Wildman–Crippen LogP) is 5.36. The zero-order chi connectivity index (χ0) is 19.7.